The predicted octanol–water partition coefficient (Wildman–Crippen LogP) is 1.96. The highest BCUT2D eigenvalue weighted by Gasteiger charge is 2.71. The Kier molecular flexibility index (Phi) is 2.36. The summed E-state index contributed by atoms with van der Waals surface area (Å²) in [4.78, 5) is 28.8. The zero-order chi connectivity index (χ0) is 18.1. The molecule has 0 unspecified atom stereocenters. The quantitative estimate of drug-likeness (QED) is 0.562. The van der Waals surface area contributed by atoms with Crippen LogP contribution in [0.1, 0.15) is 24.8 Å². The van der Waals surface area contributed by atoms with Crippen LogP contribution in [0.3, 0.4) is 0 Å². The SMILES string of the molecule is O=C1C[C@@H]2OC=C3CN4CC[C@]56c7cc([N+](=O)[O-])ccc7N1[C@@H]5[C@@H]2[C@H]3C[C@@H]46. The Morgan fingerprint density at radius 1 is 1.33 bits per heavy atom. The van der Waals surface area contributed by atoms with E-state index >= 15 is 0 Å². The first-order valence-electron chi connectivity index (χ1n) is 9.79. The van der Waals surface area contributed by atoms with Crippen molar-refractivity contribution in [3.05, 3.63) is 45.7 Å². The molecule has 6 atom stereocenters. The largest absolute Gasteiger partial charge is 0.497 e. The molecule has 6 aliphatic rings. The Bertz CT molecular complexity index is 974. The van der Waals surface area contributed by atoms with E-state index in [0.717, 1.165) is 37.2 Å². The number of nitro benzene ring substituents is 1. The fourth-order valence-corrected chi connectivity index (χ4v) is 7.42. The van der Waals surface area contributed by atoms with Crippen LogP contribution in [0, 0.1) is 22.0 Å². The predicted molar refractivity (Wildman–Crippen MR) is 95.2 cm³/mol. The summed E-state index contributed by atoms with van der Waals surface area (Å²) in [5, 5.41) is 11.5. The molecule has 5 aliphatic heterocycles. The Morgan fingerprint density at radius 2 is 2.22 bits per heavy atom. The van der Waals surface area contributed by atoms with Gasteiger partial charge in [0, 0.05) is 41.7 Å². The Labute approximate surface area is 155 Å². The van der Waals surface area contributed by atoms with Crippen LogP contribution in [0.5, 0.6) is 0 Å². The first-order valence-corrected chi connectivity index (χ1v) is 9.79. The second-order valence-corrected chi connectivity index (χ2v) is 8.93. The van der Waals surface area contributed by atoms with Gasteiger partial charge in [-0.1, -0.05) is 0 Å². The lowest BCUT2D eigenvalue weighted by Crippen LogP contribution is -2.70. The fraction of sp³-hybridized carbons (Fsp3) is 0.550. The first kappa shape index (κ1) is 14.6. The van der Waals surface area contributed by atoms with Crippen molar-refractivity contribution in [2.75, 3.05) is 18.0 Å². The molecule has 3 saturated heterocycles. The topological polar surface area (TPSA) is 75.9 Å². The molecular weight excluding hydrogens is 346 g/mol. The summed E-state index contributed by atoms with van der Waals surface area (Å²) in [5.74, 6) is 0.871. The van der Waals surface area contributed by atoms with Crippen molar-refractivity contribution in [2.24, 2.45) is 11.8 Å². The molecule has 7 nitrogen and oxygen atoms in total. The molecule has 2 bridgehead atoms. The zero-order valence-corrected chi connectivity index (χ0v) is 14.7. The number of hydrogen-bond acceptors (Lipinski definition) is 5. The number of nitrogens with zero attached hydrogens (tertiary/aromatic N) is 3. The van der Waals surface area contributed by atoms with Crippen LogP contribution in [0.4, 0.5) is 11.4 Å². The third kappa shape index (κ3) is 1.43. The van der Waals surface area contributed by atoms with Gasteiger partial charge >= 0.3 is 0 Å². The number of piperidine rings is 2. The van der Waals surface area contributed by atoms with Crippen molar-refractivity contribution >= 4 is 17.3 Å². The molecule has 5 heterocycles. The van der Waals surface area contributed by atoms with Crippen molar-refractivity contribution in [3.63, 3.8) is 0 Å². The number of carbonyl (C=O) groups excluding carboxylic acids is 1. The van der Waals surface area contributed by atoms with Crippen molar-refractivity contribution in [3.8, 4) is 0 Å². The van der Waals surface area contributed by atoms with Crippen LogP contribution in [-0.4, -0.2) is 47.0 Å². The molecule has 7 heteroatoms. The lowest BCUT2D eigenvalue weighted by Gasteiger charge is -2.60. The number of carbonyl (C=O) groups is 1. The van der Waals surface area contributed by atoms with E-state index in [-0.39, 0.29) is 34.1 Å². The van der Waals surface area contributed by atoms with E-state index in [1.165, 1.54) is 5.57 Å². The molecule has 27 heavy (non-hydrogen) atoms. The number of ether oxygens (including phenoxy) is 1. The summed E-state index contributed by atoms with van der Waals surface area (Å²) in [6.07, 6.45) is 4.33. The monoisotopic (exact) mass is 365 g/mol. The van der Waals surface area contributed by atoms with Crippen molar-refractivity contribution in [1.29, 1.82) is 0 Å². The number of benzene rings is 1. The second kappa shape index (κ2) is 4.35. The second-order valence-electron chi connectivity index (χ2n) is 8.93. The van der Waals surface area contributed by atoms with E-state index in [0.29, 0.717) is 24.3 Å². The number of non-ortho nitro benzene ring substituents is 1. The standard InChI is InChI=1S/C20H19N3O4/c24-17-7-15-18-12-6-16-20(3-4-21(16)8-10(12)9-27-15)13-5-11(23(25)26)1-2-14(13)22(17)19(18)20/h1-2,5,9,12,15-16,18-19H,3-4,6-8H2/t12-,15-,16+,18+,19+,20+/m0/s1. The minimum absolute atomic E-state index is 0.0539. The molecule has 0 radical (unpaired) electrons. The minimum Gasteiger partial charge on any atom is -0.497 e. The van der Waals surface area contributed by atoms with E-state index in [1.807, 2.05) is 17.2 Å². The Morgan fingerprint density at radius 3 is 3.07 bits per heavy atom. The van der Waals surface area contributed by atoms with Gasteiger partial charge in [-0.3, -0.25) is 19.8 Å². The van der Waals surface area contributed by atoms with Crippen LogP contribution in [0.25, 0.3) is 0 Å². The van der Waals surface area contributed by atoms with Gasteiger partial charge in [0.1, 0.15) is 6.10 Å². The summed E-state index contributed by atoms with van der Waals surface area (Å²) in [5.41, 5.74) is 3.24. The Hall–Kier alpha value is -2.41. The van der Waals surface area contributed by atoms with Crippen LogP contribution in [-0.2, 0) is 14.9 Å². The number of hydrogen-bond donors (Lipinski definition) is 0. The van der Waals surface area contributed by atoms with Crippen LogP contribution < -0.4 is 4.90 Å². The van der Waals surface area contributed by atoms with Gasteiger partial charge in [0.15, 0.2) is 0 Å². The third-order valence-corrected chi connectivity index (χ3v) is 8.24. The zero-order valence-electron chi connectivity index (χ0n) is 14.7. The highest BCUT2D eigenvalue weighted by Crippen LogP contribution is 2.66. The number of anilines is 1. The molecule has 1 amide bonds. The lowest BCUT2D eigenvalue weighted by molar-refractivity contribution is -0.384. The lowest BCUT2D eigenvalue weighted by atomic mass is 9.53. The maximum atomic E-state index is 13.1. The van der Waals surface area contributed by atoms with E-state index in [2.05, 4.69) is 4.90 Å². The average molecular weight is 365 g/mol. The molecule has 1 aromatic rings. The fourth-order valence-electron chi connectivity index (χ4n) is 7.42. The summed E-state index contributed by atoms with van der Waals surface area (Å²) < 4.78 is 6.08. The highest BCUT2D eigenvalue weighted by molar-refractivity contribution is 5.99. The molecule has 4 fully saturated rings. The van der Waals surface area contributed by atoms with E-state index in [9.17, 15) is 14.9 Å². The molecular formula is C20H19N3O4. The summed E-state index contributed by atoms with van der Waals surface area (Å²) in [7, 11) is 0. The van der Waals surface area contributed by atoms with Crippen LogP contribution in [0.15, 0.2) is 30.0 Å². The molecule has 0 aromatic heterocycles. The van der Waals surface area contributed by atoms with Crippen LogP contribution in [0.2, 0.25) is 0 Å². The number of amides is 1. The molecule has 7 rings (SSSR count). The van der Waals surface area contributed by atoms with Gasteiger partial charge in [-0.2, -0.15) is 0 Å². The van der Waals surface area contributed by atoms with E-state index in [1.54, 1.807) is 12.1 Å². The van der Waals surface area contributed by atoms with Gasteiger partial charge in [-0.15, -0.1) is 0 Å². The maximum Gasteiger partial charge on any atom is 0.269 e. The summed E-state index contributed by atoms with van der Waals surface area (Å²) >= 11 is 0. The van der Waals surface area contributed by atoms with Crippen molar-refractivity contribution < 1.29 is 14.5 Å². The summed E-state index contributed by atoms with van der Waals surface area (Å²) in [6, 6.07) is 5.55. The molecule has 138 valence electrons. The normalized spacial score (nSPS) is 42.5. The Balaban J connectivity index is 1.54. The maximum absolute atomic E-state index is 13.1. The van der Waals surface area contributed by atoms with Gasteiger partial charge in [-0.25, -0.2) is 0 Å². The van der Waals surface area contributed by atoms with Gasteiger partial charge in [0.05, 0.1) is 23.6 Å². The smallest absolute Gasteiger partial charge is 0.269 e. The number of rotatable bonds is 1. The molecule has 1 saturated carbocycles. The van der Waals surface area contributed by atoms with Crippen LogP contribution >= 0.6 is 0 Å². The highest BCUT2D eigenvalue weighted by atomic mass is 16.6. The number of fused-ring (bicyclic) bond motifs is 2. The molecule has 1 aromatic carbocycles. The third-order valence-electron chi connectivity index (χ3n) is 8.24. The van der Waals surface area contributed by atoms with Gasteiger partial charge in [-0.05, 0) is 42.5 Å². The van der Waals surface area contributed by atoms with Gasteiger partial charge < -0.3 is 9.64 Å². The van der Waals surface area contributed by atoms with E-state index in [4.69, 9.17) is 4.74 Å². The van der Waals surface area contributed by atoms with Gasteiger partial charge in [0.25, 0.3) is 5.69 Å². The van der Waals surface area contributed by atoms with E-state index < -0.39 is 0 Å². The first-order chi connectivity index (χ1) is 13.1. The molecule has 0 N–H and O–H groups in total. The molecule has 1 spiro atoms. The van der Waals surface area contributed by atoms with Gasteiger partial charge in [0.2, 0.25) is 5.91 Å². The minimum atomic E-state index is -0.317. The van der Waals surface area contributed by atoms with Crippen molar-refractivity contribution in [1.82, 2.24) is 4.90 Å². The van der Waals surface area contributed by atoms with Crippen molar-refractivity contribution in [2.45, 2.75) is 42.9 Å². The summed E-state index contributed by atoms with van der Waals surface area (Å²) in [6.45, 7) is 1.91. The average Bonchev–Trinajstić information content (AvgIpc) is 3.20. The number of nitro groups is 1. The molecule has 1 aliphatic carbocycles.